The number of benzene rings is 1. The second kappa shape index (κ2) is 3.83. The van der Waals surface area contributed by atoms with Gasteiger partial charge in [0, 0.05) is 20.0 Å². The number of rotatable bonds is 1. The van der Waals surface area contributed by atoms with Gasteiger partial charge in [-0.1, -0.05) is 11.6 Å². The molecule has 0 amide bonds. The maximum atomic E-state index is 9.14. The Morgan fingerprint density at radius 2 is 2.14 bits per heavy atom. The summed E-state index contributed by atoms with van der Waals surface area (Å²) in [6.45, 7) is 0. The number of hydrogen-bond acceptors (Lipinski definition) is 3. The molecule has 1 heterocycles. The van der Waals surface area contributed by atoms with Gasteiger partial charge in [-0.2, -0.15) is 0 Å². The molecule has 6 heteroatoms. The van der Waals surface area contributed by atoms with Crippen LogP contribution in [0, 0.1) is 0 Å². The zero-order chi connectivity index (χ0) is 10.3. The predicted octanol–water partition coefficient (Wildman–Crippen LogP) is 2.00. The quantitative estimate of drug-likeness (QED) is 0.789. The molecule has 0 unspecified atom stereocenters. The molecule has 0 atom stereocenters. The average Bonchev–Trinajstić information content (AvgIpc) is 2.59. The van der Waals surface area contributed by atoms with Crippen molar-refractivity contribution in [2.24, 2.45) is 0 Å². The fourth-order valence-corrected chi connectivity index (χ4v) is 3.02. The van der Waals surface area contributed by atoms with Gasteiger partial charge in [0.2, 0.25) is 0 Å². The summed E-state index contributed by atoms with van der Waals surface area (Å²) >= 11 is 10.7. The normalized spacial score (nSPS) is 10.9. The zero-order valence-corrected chi connectivity index (χ0v) is 10.0. The molecule has 0 saturated heterocycles. The molecule has 2 rings (SSSR count). The third-order valence-corrected chi connectivity index (χ3v) is 4.28. The number of fused-ring (bicyclic) bond motifs is 1. The molecular weight excluding hydrogens is 286 g/mol. The SMILES string of the molecule is OB(O)c1cc(Cl)c(Br)c2ccsc12. The van der Waals surface area contributed by atoms with E-state index in [1.807, 2.05) is 11.4 Å². The molecule has 1 aromatic carbocycles. The van der Waals surface area contributed by atoms with E-state index in [0.29, 0.717) is 10.5 Å². The largest absolute Gasteiger partial charge is 0.489 e. The maximum Gasteiger partial charge on any atom is 0.489 e. The smallest absolute Gasteiger partial charge is 0.423 e. The topological polar surface area (TPSA) is 40.5 Å². The van der Waals surface area contributed by atoms with E-state index in [0.717, 1.165) is 14.6 Å². The molecule has 2 aromatic rings. The summed E-state index contributed by atoms with van der Waals surface area (Å²) in [5.74, 6) is 0. The summed E-state index contributed by atoms with van der Waals surface area (Å²) in [7, 11) is -1.48. The summed E-state index contributed by atoms with van der Waals surface area (Å²) in [6.07, 6.45) is 0. The number of halogens is 2. The highest BCUT2D eigenvalue weighted by molar-refractivity contribution is 9.10. The van der Waals surface area contributed by atoms with Crippen molar-refractivity contribution in [3.8, 4) is 0 Å². The molecular formula is C8H5BBrClO2S. The van der Waals surface area contributed by atoms with Crippen LogP contribution in [0.15, 0.2) is 22.0 Å². The molecule has 0 aliphatic carbocycles. The van der Waals surface area contributed by atoms with Crippen LogP contribution in [0.2, 0.25) is 5.02 Å². The Morgan fingerprint density at radius 1 is 1.43 bits per heavy atom. The van der Waals surface area contributed by atoms with Crippen molar-refractivity contribution in [1.82, 2.24) is 0 Å². The molecule has 0 aliphatic heterocycles. The summed E-state index contributed by atoms with van der Waals surface area (Å²) < 4.78 is 1.64. The lowest BCUT2D eigenvalue weighted by atomic mass is 9.80. The van der Waals surface area contributed by atoms with Crippen LogP contribution >= 0.6 is 38.9 Å². The van der Waals surface area contributed by atoms with E-state index in [1.165, 1.54) is 11.3 Å². The first-order valence-electron chi connectivity index (χ1n) is 3.82. The zero-order valence-electron chi connectivity index (χ0n) is 6.87. The van der Waals surface area contributed by atoms with Crippen molar-refractivity contribution in [2.45, 2.75) is 0 Å². The molecule has 0 bridgehead atoms. The Kier molecular flexibility index (Phi) is 2.86. The van der Waals surface area contributed by atoms with Crippen molar-refractivity contribution < 1.29 is 10.0 Å². The standard InChI is InChI=1S/C8H5BBrClO2S/c10-7-4-1-2-14-8(4)5(9(12)13)3-6(7)11/h1-3,12-13H. The van der Waals surface area contributed by atoms with Gasteiger partial charge in [0.1, 0.15) is 0 Å². The molecule has 0 radical (unpaired) electrons. The molecule has 14 heavy (non-hydrogen) atoms. The van der Waals surface area contributed by atoms with Gasteiger partial charge in [0.05, 0.1) is 5.02 Å². The summed E-state index contributed by atoms with van der Waals surface area (Å²) in [5, 5.41) is 21.6. The first kappa shape index (κ1) is 10.5. The summed E-state index contributed by atoms with van der Waals surface area (Å²) in [4.78, 5) is 0. The van der Waals surface area contributed by atoms with Crippen molar-refractivity contribution in [1.29, 1.82) is 0 Å². The Bertz CT molecular complexity index is 485. The Morgan fingerprint density at radius 3 is 2.79 bits per heavy atom. The van der Waals surface area contributed by atoms with Crippen molar-refractivity contribution in [3.05, 3.63) is 27.0 Å². The van der Waals surface area contributed by atoms with Crippen LogP contribution in [0.25, 0.3) is 10.1 Å². The van der Waals surface area contributed by atoms with Crippen LogP contribution in [0.1, 0.15) is 0 Å². The highest BCUT2D eigenvalue weighted by Gasteiger charge is 2.18. The predicted molar refractivity (Wildman–Crippen MR) is 64.4 cm³/mol. The van der Waals surface area contributed by atoms with Gasteiger partial charge in [-0.25, -0.2) is 0 Å². The Labute approximate surface area is 98.4 Å². The van der Waals surface area contributed by atoms with Gasteiger partial charge in [-0.05, 0) is 33.4 Å². The van der Waals surface area contributed by atoms with Gasteiger partial charge >= 0.3 is 7.12 Å². The van der Waals surface area contributed by atoms with Crippen LogP contribution in [0.3, 0.4) is 0 Å². The second-order valence-electron chi connectivity index (χ2n) is 2.80. The van der Waals surface area contributed by atoms with Gasteiger partial charge in [-0.15, -0.1) is 11.3 Å². The lowest BCUT2D eigenvalue weighted by Crippen LogP contribution is -2.30. The number of thiophene rings is 1. The monoisotopic (exact) mass is 290 g/mol. The van der Waals surface area contributed by atoms with Crippen LogP contribution in [-0.2, 0) is 0 Å². The second-order valence-corrected chi connectivity index (χ2v) is 4.91. The minimum atomic E-state index is -1.48. The number of hydrogen-bond donors (Lipinski definition) is 2. The Hall–Kier alpha value is -0.0651. The minimum absolute atomic E-state index is 0.447. The van der Waals surface area contributed by atoms with Gasteiger partial charge in [0.25, 0.3) is 0 Å². The van der Waals surface area contributed by atoms with Crippen molar-refractivity contribution in [3.63, 3.8) is 0 Å². The van der Waals surface area contributed by atoms with E-state index < -0.39 is 7.12 Å². The molecule has 0 spiro atoms. The van der Waals surface area contributed by atoms with E-state index >= 15 is 0 Å². The van der Waals surface area contributed by atoms with Crippen LogP contribution < -0.4 is 5.46 Å². The third kappa shape index (κ3) is 1.59. The first-order valence-corrected chi connectivity index (χ1v) is 5.87. The fraction of sp³-hybridized carbons (Fsp3) is 0. The highest BCUT2D eigenvalue weighted by Crippen LogP contribution is 2.32. The van der Waals surface area contributed by atoms with Crippen LogP contribution in [-0.4, -0.2) is 17.2 Å². The third-order valence-electron chi connectivity index (χ3n) is 1.93. The average molecular weight is 291 g/mol. The van der Waals surface area contributed by atoms with Gasteiger partial charge < -0.3 is 10.0 Å². The molecule has 2 nitrogen and oxygen atoms in total. The molecule has 0 aliphatic rings. The minimum Gasteiger partial charge on any atom is -0.423 e. The summed E-state index contributed by atoms with van der Waals surface area (Å²) in [5.41, 5.74) is 0.447. The molecule has 72 valence electrons. The van der Waals surface area contributed by atoms with Crippen molar-refractivity contribution in [2.75, 3.05) is 0 Å². The molecule has 1 aromatic heterocycles. The van der Waals surface area contributed by atoms with Crippen LogP contribution in [0.4, 0.5) is 0 Å². The molecule has 2 N–H and O–H groups in total. The lowest BCUT2D eigenvalue weighted by molar-refractivity contribution is 0.426. The Balaban J connectivity index is 2.84. The highest BCUT2D eigenvalue weighted by atomic mass is 79.9. The van der Waals surface area contributed by atoms with Gasteiger partial charge in [0.15, 0.2) is 0 Å². The van der Waals surface area contributed by atoms with E-state index in [2.05, 4.69) is 15.9 Å². The maximum absolute atomic E-state index is 9.14. The molecule has 0 saturated carbocycles. The lowest BCUT2D eigenvalue weighted by Gasteiger charge is -2.04. The van der Waals surface area contributed by atoms with Gasteiger partial charge in [-0.3, -0.25) is 0 Å². The van der Waals surface area contributed by atoms with E-state index in [1.54, 1.807) is 6.07 Å². The first-order chi connectivity index (χ1) is 6.61. The van der Waals surface area contributed by atoms with E-state index in [-0.39, 0.29) is 0 Å². The van der Waals surface area contributed by atoms with E-state index in [9.17, 15) is 0 Å². The van der Waals surface area contributed by atoms with E-state index in [4.69, 9.17) is 21.6 Å². The van der Waals surface area contributed by atoms with Crippen molar-refractivity contribution >= 4 is 61.5 Å². The fourth-order valence-electron chi connectivity index (χ4n) is 1.29. The molecule has 0 fully saturated rings. The van der Waals surface area contributed by atoms with Crippen LogP contribution in [0.5, 0.6) is 0 Å². The summed E-state index contributed by atoms with van der Waals surface area (Å²) in [6, 6.07) is 3.46.